The minimum Gasteiger partial charge on any atom is -0.508 e. The van der Waals surface area contributed by atoms with Crippen LogP contribution in [-0.4, -0.2) is 89.6 Å². The molecule has 0 spiro atoms. The molecule has 0 aliphatic carbocycles. The van der Waals surface area contributed by atoms with E-state index in [0.29, 0.717) is 58.1 Å². The number of aromatic hydroxyl groups is 1. The first-order chi connectivity index (χ1) is 24.8. The smallest absolute Gasteiger partial charge is 0.317 e. The quantitative estimate of drug-likeness (QED) is 0.143. The maximum Gasteiger partial charge on any atom is 0.317 e. The van der Waals surface area contributed by atoms with Gasteiger partial charge in [-0.3, -0.25) is 9.91 Å². The summed E-state index contributed by atoms with van der Waals surface area (Å²) in [6.07, 6.45) is 3.65. The molecule has 52 heavy (non-hydrogen) atoms. The van der Waals surface area contributed by atoms with Crippen LogP contribution in [0.25, 0.3) is 32.9 Å². The highest BCUT2D eigenvalue weighted by molar-refractivity contribution is 6.90. The largest absolute Gasteiger partial charge is 0.508 e. The van der Waals surface area contributed by atoms with Gasteiger partial charge in [0.05, 0.1) is 16.5 Å². The van der Waals surface area contributed by atoms with Crippen LogP contribution in [-0.2, 0) is 0 Å². The monoisotopic (exact) mass is 730 g/mol. The molecule has 7 rings (SSSR count). The second kappa shape index (κ2) is 13.8. The van der Waals surface area contributed by atoms with Crippen molar-refractivity contribution in [1.82, 2.24) is 24.9 Å². The average Bonchev–Trinajstić information content (AvgIpc) is 3.78. The Morgan fingerprint density at radius 2 is 1.77 bits per heavy atom. The number of hydrogen-bond donors (Lipinski definition) is 1. The van der Waals surface area contributed by atoms with Gasteiger partial charge in [0, 0.05) is 50.2 Å². The molecule has 4 aromatic rings. The second-order valence-electron chi connectivity index (χ2n) is 15.9. The average molecular weight is 731 g/mol. The van der Waals surface area contributed by atoms with Gasteiger partial charge in [0.15, 0.2) is 11.6 Å². The Bertz CT molecular complexity index is 2060. The topological polar surface area (TPSA) is 77.9 Å². The van der Waals surface area contributed by atoms with Crippen molar-refractivity contribution >= 4 is 35.6 Å². The number of rotatable bonds is 8. The van der Waals surface area contributed by atoms with Crippen LogP contribution in [0.2, 0.25) is 16.6 Å². The van der Waals surface area contributed by atoms with E-state index in [0.717, 1.165) is 32.4 Å². The Balaban J connectivity index is 1.43. The van der Waals surface area contributed by atoms with Crippen LogP contribution in [0.15, 0.2) is 30.5 Å². The van der Waals surface area contributed by atoms with Gasteiger partial charge < -0.3 is 9.84 Å². The van der Waals surface area contributed by atoms with Gasteiger partial charge >= 0.3 is 6.01 Å². The summed E-state index contributed by atoms with van der Waals surface area (Å²) in [5.74, 6) is 2.35. The summed E-state index contributed by atoms with van der Waals surface area (Å²) >= 11 is 0. The van der Waals surface area contributed by atoms with E-state index in [4.69, 9.17) is 9.72 Å². The van der Waals surface area contributed by atoms with Crippen LogP contribution in [0, 0.1) is 23.1 Å². The predicted octanol–water partition coefficient (Wildman–Crippen LogP) is 8.41. The molecule has 3 aliphatic heterocycles. The molecule has 1 N–H and O–H groups in total. The van der Waals surface area contributed by atoms with Crippen LogP contribution in [0.5, 0.6) is 11.8 Å². The van der Waals surface area contributed by atoms with Crippen molar-refractivity contribution in [1.29, 1.82) is 0 Å². The van der Waals surface area contributed by atoms with Crippen molar-refractivity contribution in [2.45, 2.75) is 95.6 Å². The molecule has 0 amide bonds. The highest BCUT2D eigenvalue weighted by atomic mass is 28.3. The van der Waals surface area contributed by atoms with E-state index in [-0.39, 0.29) is 40.7 Å². The lowest BCUT2D eigenvalue weighted by Gasteiger charge is -2.38. The molecule has 2 aromatic carbocycles. The lowest BCUT2D eigenvalue weighted by atomic mass is 9.95. The van der Waals surface area contributed by atoms with Crippen molar-refractivity contribution in [3.05, 3.63) is 47.7 Å². The third kappa shape index (κ3) is 6.08. The summed E-state index contributed by atoms with van der Waals surface area (Å²) in [5, 5.41) is 16.2. The molecule has 8 nitrogen and oxygen atoms in total. The van der Waals surface area contributed by atoms with Gasteiger partial charge in [-0.05, 0) is 66.0 Å². The Kier molecular flexibility index (Phi) is 9.68. The summed E-state index contributed by atoms with van der Waals surface area (Å²) in [6.45, 7) is 16.0. The number of aromatic nitrogens is 3. The van der Waals surface area contributed by atoms with Crippen molar-refractivity contribution in [2.75, 3.05) is 44.8 Å². The summed E-state index contributed by atoms with van der Waals surface area (Å²) < 4.78 is 53.9. The summed E-state index contributed by atoms with van der Waals surface area (Å²) in [7, 11) is -0.340. The lowest BCUT2D eigenvalue weighted by molar-refractivity contribution is 0.107. The van der Waals surface area contributed by atoms with E-state index >= 15 is 8.78 Å². The van der Waals surface area contributed by atoms with E-state index in [1.807, 2.05) is 17.1 Å². The molecule has 3 fully saturated rings. The van der Waals surface area contributed by atoms with E-state index in [1.54, 1.807) is 12.1 Å². The van der Waals surface area contributed by atoms with Crippen molar-refractivity contribution < 1.29 is 23.0 Å². The van der Waals surface area contributed by atoms with Crippen LogP contribution in [0.4, 0.5) is 19.0 Å². The fourth-order valence-electron chi connectivity index (χ4n) is 9.46. The Hall–Kier alpha value is -3.92. The van der Waals surface area contributed by atoms with Crippen molar-refractivity contribution in [3.8, 4) is 34.5 Å². The van der Waals surface area contributed by atoms with E-state index in [1.165, 1.54) is 18.3 Å². The molecule has 3 saturated heterocycles. The molecular weight excluding hydrogens is 682 g/mol. The maximum absolute atomic E-state index is 17.2. The Morgan fingerprint density at radius 3 is 2.46 bits per heavy atom. The number of halogens is 3. The first-order valence-corrected chi connectivity index (χ1v) is 20.8. The number of nitrogens with zero attached hydrogens (tertiary/aromatic N) is 6. The number of hydrazine groups is 1. The molecule has 0 saturated carbocycles. The van der Waals surface area contributed by atoms with Crippen LogP contribution in [0.3, 0.4) is 0 Å². The Morgan fingerprint density at radius 1 is 1.02 bits per heavy atom. The van der Waals surface area contributed by atoms with Gasteiger partial charge in [0.1, 0.15) is 43.6 Å². The predicted molar refractivity (Wildman–Crippen MR) is 203 cm³/mol. The Labute approximate surface area is 305 Å². The summed E-state index contributed by atoms with van der Waals surface area (Å²) in [4.78, 5) is 16.1. The molecule has 12 heteroatoms. The molecule has 2 atom stereocenters. The third-order valence-corrected chi connectivity index (χ3v) is 18.2. The number of phenols is 1. The lowest BCUT2D eigenvalue weighted by Crippen LogP contribution is -2.43. The zero-order valence-electron chi connectivity index (χ0n) is 31.2. The molecular formula is C40H49F3N6O2Si. The molecule has 0 bridgehead atoms. The van der Waals surface area contributed by atoms with Gasteiger partial charge in [-0.15, -0.1) is 5.54 Å². The molecule has 0 radical (unpaired) electrons. The number of alkyl halides is 1. The van der Waals surface area contributed by atoms with Gasteiger partial charge in [0.2, 0.25) is 0 Å². The molecule has 3 aliphatic rings. The van der Waals surface area contributed by atoms with Gasteiger partial charge in [0.25, 0.3) is 0 Å². The maximum atomic E-state index is 17.2. The fraction of sp³-hybridized carbons (Fsp3) is 0.525. The number of pyridine rings is 1. The number of anilines is 1. The highest BCUT2D eigenvalue weighted by Crippen LogP contribution is 2.44. The first-order valence-electron chi connectivity index (χ1n) is 18.6. The van der Waals surface area contributed by atoms with Gasteiger partial charge in [-0.1, -0.05) is 53.5 Å². The number of phenolic OH excluding ortho intramolecular Hbond substituents is 1. The second-order valence-corrected chi connectivity index (χ2v) is 21.5. The number of hydrogen-bond acceptors (Lipinski definition) is 8. The van der Waals surface area contributed by atoms with E-state index in [9.17, 15) is 9.50 Å². The summed E-state index contributed by atoms with van der Waals surface area (Å²) in [6, 6.07) is 5.89. The van der Waals surface area contributed by atoms with Gasteiger partial charge in [-0.2, -0.15) is 4.98 Å². The minimum absolute atomic E-state index is 0.00718. The van der Waals surface area contributed by atoms with Crippen LogP contribution < -0.4 is 9.75 Å². The number of benzene rings is 2. The zero-order chi connectivity index (χ0) is 37.1. The first kappa shape index (κ1) is 36.4. The van der Waals surface area contributed by atoms with E-state index < -0.39 is 31.4 Å². The molecule has 5 heterocycles. The highest BCUT2D eigenvalue weighted by Gasteiger charge is 2.49. The molecule has 276 valence electrons. The van der Waals surface area contributed by atoms with Crippen molar-refractivity contribution in [2.24, 2.45) is 0 Å². The number of fused-ring (bicyclic) bond motifs is 3. The van der Waals surface area contributed by atoms with Crippen molar-refractivity contribution in [3.63, 3.8) is 0 Å². The summed E-state index contributed by atoms with van der Waals surface area (Å²) in [5.41, 5.74) is 4.45. The molecule has 2 aromatic heterocycles. The normalized spacial score (nSPS) is 21.2. The van der Waals surface area contributed by atoms with E-state index in [2.05, 4.69) is 67.9 Å². The third-order valence-electron chi connectivity index (χ3n) is 12.0. The zero-order valence-corrected chi connectivity index (χ0v) is 32.2. The fourth-order valence-corrected chi connectivity index (χ4v) is 14.7. The SMILES string of the molecule is CC(C)[Si](C#Cc1c(F)ccc2cc(O)cc(-c3nc(N4CCCN4C)c4cnc(OC[C@@]56CCCN5C[C@H](F)C6)nc4c3F)c12)(C(C)C)C(C)C. The van der Waals surface area contributed by atoms with Crippen LogP contribution in [0.1, 0.15) is 72.8 Å². The van der Waals surface area contributed by atoms with Gasteiger partial charge in [-0.25, -0.2) is 28.1 Å². The standard InChI is InChI=1S/C40H49F3N6O2Si/c1-24(2)52(25(3)4,26(5)6)17-12-30-33(42)11-10-27-18-29(50)19-31(34(27)30)36-35(43)37-32(38(45-36)49-16-9-14-47(49)7)21-44-39(46-37)51-23-40-13-8-15-48(40)22-28(41)20-40/h10-11,18-19,21,24-26,28,50H,8-9,13-16,20,22-23H2,1-7H3/t28-,40+/m1/s1. The number of ether oxygens (including phenoxy) is 1. The minimum atomic E-state index is -2.28. The molecule has 0 unspecified atom stereocenters. The van der Waals surface area contributed by atoms with Crippen LogP contribution >= 0.6 is 0 Å².